The minimum atomic E-state index is -0.147. The Hall–Kier alpha value is -3.12. The molecule has 6 heteroatoms. The molecule has 6 nitrogen and oxygen atoms in total. The highest BCUT2D eigenvalue weighted by molar-refractivity contribution is 6.06. The van der Waals surface area contributed by atoms with Crippen molar-refractivity contribution in [3.8, 4) is 11.3 Å². The molecule has 1 N–H and O–H groups in total. The van der Waals surface area contributed by atoms with Gasteiger partial charge in [0.25, 0.3) is 5.91 Å². The largest absolute Gasteiger partial charge is 0.444 e. The van der Waals surface area contributed by atoms with Gasteiger partial charge in [-0.05, 0) is 38.1 Å². The van der Waals surface area contributed by atoms with Crippen LogP contribution in [0.25, 0.3) is 11.3 Å². The van der Waals surface area contributed by atoms with E-state index in [1.807, 2.05) is 36.4 Å². The Morgan fingerprint density at radius 2 is 1.79 bits per heavy atom. The summed E-state index contributed by atoms with van der Waals surface area (Å²) in [4.78, 5) is 19.0. The number of hydrogen-bond acceptors (Lipinski definition) is 5. The lowest BCUT2D eigenvalue weighted by molar-refractivity contribution is -0.00517. The number of nitrogens with zero attached hydrogens (tertiary/aromatic N) is 2. The second-order valence-corrected chi connectivity index (χ2v) is 7.08. The normalized spacial score (nSPS) is 19.4. The molecule has 1 aliphatic heterocycles. The van der Waals surface area contributed by atoms with Gasteiger partial charge in [-0.15, -0.1) is 0 Å². The average molecular weight is 377 g/mol. The Morgan fingerprint density at radius 1 is 1.07 bits per heavy atom. The molecule has 2 aromatic carbocycles. The summed E-state index contributed by atoms with van der Waals surface area (Å²) >= 11 is 0. The van der Waals surface area contributed by atoms with E-state index < -0.39 is 0 Å². The highest BCUT2D eigenvalue weighted by Gasteiger charge is 2.24. The van der Waals surface area contributed by atoms with Crippen LogP contribution in [-0.4, -0.2) is 36.2 Å². The lowest BCUT2D eigenvalue weighted by Crippen LogP contribution is -2.45. The third-order valence-corrected chi connectivity index (χ3v) is 4.78. The number of carbonyl (C=O) groups is 1. The van der Waals surface area contributed by atoms with Crippen molar-refractivity contribution >= 4 is 17.3 Å². The zero-order valence-electron chi connectivity index (χ0n) is 16.0. The lowest BCUT2D eigenvalue weighted by Gasteiger charge is -2.37. The van der Waals surface area contributed by atoms with Gasteiger partial charge in [0.1, 0.15) is 0 Å². The molecular weight excluding hydrogens is 354 g/mol. The van der Waals surface area contributed by atoms with Crippen LogP contribution in [0.15, 0.2) is 65.5 Å². The maximum atomic E-state index is 12.8. The highest BCUT2D eigenvalue weighted by Crippen LogP contribution is 2.29. The molecule has 2 heterocycles. The van der Waals surface area contributed by atoms with Crippen molar-refractivity contribution < 1.29 is 13.9 Å². The van der Waals surface area contributed by atoms with Crippen LogP contribution in [0.4, 0.5) is 11.4 Å². The molecule has 0 spiro atoms. The van der Waals surface area contributed by atoms with Crippen molar-refractivity contribution in [3.05, 3.63) is 66.7 Å². The van der Waals surface area contributed by atoms with Crippen LogP contribution in [-0.2, 0) is 4.74 Å². The van der Waals surface area contributed by atoms with Gasteiger partial charge in [0, 0.05) is 24.2 Å². The molecular formula is C22H23N3O3. The summed E-state index contributed by atoms with van der Waals surface area (Å²) in [6.07, 6.45) is 3.34. The fourth-order valence-electron chi connectivity index (χ4n) is 3.57. The van der Waals surface area contributed by atoms with Crippen LogP contribution in [0.2, 0.25) is 0 Å². The summed E-state index contributed by atoms with van der Waals surface area (Å²) < 4.78 is 11.1. The van der Waals surface area contributed by atoms with E-state index in [0.29, 0.717) is 11.3 Å². The first kappa shape index (κ1) is 18.3. The molecule has 2 atom stereocenters. The van der Waals surface area contributed by atoms with Gasteiger partial charge < -0.3 is 19.4 Å². The third kappa shape index (κ3) is 3.92. The van der Waals surface area contributed by atoms with Crippen molar-refractivity contribution in [1.82, 2.24) is 4.98 Å². The smallest absolute Gasteiger partial charge is 0.255 e. The van der Waals surface area contributed by atoms with Gasteiger partial charge in [0.15, 0.2) is 12.2 Å². The van der Waals surface area contributed by atoms with E-state index in [-0.39, 0.29) is 18.1 Å². The number of anilines is 2. The second-order valence-electron chi connectivity index (χ2n) is 7.08. The second kappa shape index (κ2) is 7.86. The minimum absolute atomic E-state index is 0.147. The van der Waals surface area contributed by atoms with Gasteiger partial charge in [-0.2, -0.15) is 0 Å². The van der Waals surface area contributed by atoms with E-state index in [4.69, 9.17) is 9.15 Å². The van der Waals surface area contributed by atoms with Crippen molar-refractivity contribution in [2.75, 3.05) is 23.3 Å². The maximum Gasteiger partial charge on any atom is 0.255 e. The Balaban J connectivity index is 1.52. The van der Waals surface area contributed by atoms with Crippen LogP contribution < -0.4 is 10.2 Å². The first-order valence-corrected chi connectivity index (χ1v) is 9.40. The molecule has 4 rings (SSSR count). The highest BCUT2D eigenvalue weighted by atomic mass is 16.5. The first-order chi connectivity index (χ1) is 13.6. The number of hydrogen-bond donors (Lipinski definition) is 1. The van der Waals surface area contributed by atoms with Crippen molar-refractivity contribution in [2.24, 2.45) is 0 Å². The van der Waals surface area contributed by atoms with Crippen molar-refractivity contribution in [2.45, 2.75) is 26.1 Å². The average Bonchev–Trinajstić information content (AvgIpc) is 3.22. The standard InChI is InChI=1S/C22H23N3O3/c1-15-12-25(13-16(2)28-15)20-6-4-3-5-19(20)24-22(26)18-9-7-17(8-10-18)21-11-23-14-27-21/h3-11,14-16H,12-13H2,1-2H3,(H,24,26)/t15-,16-/m0/s1. The number of morpholine rings is 1. The Bertz CT molecular complexity index is 928. The van der Waals surface area contributed by atoms with E-state index in [2.05, 4.69) is 29.0 Å². The minimum Gasteiger partial charge on any atom is -0.444 e. The van der Waals surface area contributed by atoms with Crippen LogP contribution in [0.5, 0.6) is 0 Å². The number of benzene rings is 2. The number of carbonyl (C=O) groups excluding carboxylic acids is 1. The number of nitrogens with one attached hydrogen (secondary N) is 1. The summed E-state index contributed by atoms with van der Waals surface area (Å²) in [6, 6.07) is 15.2. The lowest BCUT2D eigenvalue weighted by atomic mass is 10.1. The Kier molecular flexibility index (Phi) is 5.12. The Labute approximate surface area is 164 Å². The maximum absolute atomic E-state index is 12.8. The molecule has 0 saturated carbocycles. The van der Waals surface area contributed by atoms with Crippen LogP contribution in [0.1, 0.15) is 24.2 Å². The van der Waals surface area contributed by atoms with Gasteiger partial charge in [0.05, 0.1) is 29.8 Å². The molecule has 0 aliphatic carbocycles. The molecule has 1 aliphatic rings. The summed E-state index contributed by atoms with van der Waals surface area (Å²) in [5.74, 6) is 0.527. The predicted octanol–water partition coefficient (Wildman–Crippen LogP) is 4.21. The summed E-state index contributed by atoms with van der Waals surface area (Å²) in [5.41, 5.74) is 3.27. The van der Waals surface area contributed by atoms with Gasteiger partial charge >= 0.3 is 0 Å². The first-order valence-electron chi connectivity index (χ1n) is 9.40. The predicted molar refractivity (Wildman–Crippen MR) is 109 cm³/mol. The fourth-order valence-corrected chi connectivity index (χ4v) is 3.57. The van der Waals surface area contributed by atoms with Crippen molar-refractivity contribution in [1.29, 1.82) is 0 Å². The van der Waals surface area contributed by atoms with E-state index in [9.17, 15) is 4.79 Å². The van der Waals surface area contributed by atoms with Gasteiger partial charge in [-0.1, -0.05) is 24.3 Å². The third-order valence-electron chi connectivity index (χ3n) is 4.78. The molecule has 1 amide bonds. The number of rotatable bonds is 4. The number of oxazole rings is 1. The fraction of sp³-hybridized carbons (Fsp3) is 0.273. The zero-order chi connectivity index (χ0) is 19.5. The number of para-hydroxylation sites is 2. The molecule has 1 aromatic heterocycles. The SMILES string of the molecule is C[C@H]1CN(c2ccccc2NC(=O)c2ccc(-c3cnco3)cc2)C[C@H](C)O1. The molecule has 0 radical (unpaired) electrons. The monoisotopic (exact) mass is 377 g/mol. The quantitative estimate of drug-likeness (QED) is 0.738. The van der Waals surface area contributed by atoms with Gasteiger partial charge in [-0.25, -0.2) is 4.98 Å². The molecule has 28 heavy (non-hydrogen) atoms. The summed E-state index contributed by atoms with van der Waals surface area (Å²) in [7, 11) is 0. The molecule has 3 aromatic rings. The number of amides is 1. The molecule has 0 unspecified atom stereocenters. The molecule has 1 fully saturated rings. The van der Waals surface area contributed by atoms with Crippen LogP contribution >= 0.6 is 0 Å². The van der Waals surface area contributed by atoms with E-state index >= 15 is 0 Å². The summed E-state index contributed by atoms with van der Waals surface area (Å²) in [6.45, 7) is 5.73. The van der Waals surface area contributed by atoms with Crippen LogP contribution in [0, 0.1) is 0 Å². The molecule has 144 valence electrons. The van der Waals surface area contributed by atoms with E-state index in [0.717, 1.165) is 30.0 Å². The van der Waals surface area contributed by atoms with Crippen molar-refractivity contribution in [3.63, 3.8) is 0 Å². The molecule has 0 bridgehead atoms. The number of ether oxygens (including phenoxy) is 1. The van der Waals surface area contributed by atoms with Crippen LogP contribution in [0.3, 0.4) is 0 Å². The zero-order valence-corrected chi connectivity index (χ0v) is 16.0. The van der Waals surface area contributed by atoms with E-state index in [1.165, 1.54) is 6.39 Å². The summed E-state index contributed by atoms with van der Waals surface area (Å²) in [5, 5.41) is 3.05. The number of aromatic nitrogens is 1. The van der Waals surface area contributed by atoms with Gasteiger partial charge in [0.2, 0.25) is 0 Å². The van der Waals surface area contributed by atoms with Gasteiger partial charge in [-0.3, -0.25) is 4.79 Å². The Morgan fingerprint density at radius 3 is 2.46 bits per heavy atom. The molecule has 1 saturated heterocycles. The van der Waals surface area contributed by atoms with E-state index in [1.54, 1.807) is 18.3 Å². The topological polar surface area (TPSA) is 67.6 Å².